The average molecular weight is 411 g/mol. The summed E-state index contributed by atoms with van der Waals surface area (Å²) in [4.78, 5) is 5.63. The van der Waals surface area contributed by atoms with Crippen molar-refractivity contribution in [3.63, 3.8) is 0 Å². The van der Waals surface area contributed by atoms with Crippen LogP contribution in [0.25, 0.3) is 0 Å². The molecule has 1 aliphatic heterocycles. The zero-order valence-electron chi connectivity index (χ0n) is 16.6. The number of thiophene rings is 1. The first kappa shape index (κ1) is 19.4. The number of benzene rings is 2. The largest absolute Gasteiger partial charge is 0.339 e. The van der Waals surface area contributed by atoms with Crippen LogP contribution < -0.4 is 10.2 Å². The molecule has 1 N–H and O–H groups in total. The molecule has 146 valence electrons. The summed E-state index contributed by atoms with van der Waals surface area (Å²) >= 11 is 1.81. The Bertz CT molecular complexity index is 1030. The molecule has 0 radical (unpaired) electrons. The van der Waals surface area contributed by atoms with Gasteiger partial charge in [0.2, 0.25) is 0 Å². The lowest BCUT2D eigenvalue weighted by Gasteiger charge is -2.34. The first-order valence-electron chi connectivity index (χ1n) is 9.70. The number of nitrogens with one attached hydrogen (secondary N) is 1. The Labute approximate surface area is 173 Å². The van der Waals surface area contributed by atoms with Crippen LogP contribution in [0.3, 0.4) is 0 Å². The third-order valence-electron chi connectivity index (χ3n) is 5.48. The van der Waals surface area contributed by atoms with Crippen molar-refractivity contribution in [2.75, 3.05) is 18.0 Å². The van der Waals surface area contributed by atoms with E-state index in [1.54, 1.807) is 0 Å². The first-order valence-corrected chi connectivity index (χ1v) is 11.7. The van der Waals surface area contributed by atoms with Crippen LogP contribution >= 0.6 is 11.3 Å². The van der Waals surface area contributed by atoms with E-state index in [9.17, 15) is 4.21 Å². The van der Waals surface area contributed by atoms with Gasteiger partial charge < -0.3 is 10.2 Å². The topological polar surface area (TPSA) is 32.3 Å². The molecule has 1 unspecified atom stereocenters. The maximum atomic E-state index is 13.1. The molecule has 2 aromatic carbocycles. The lowest BCUT2D eigenvalue weighted by Crippen LogP contribution is -2.28. The van der Waals surface area contributed by atoms with Crippen molar-refractivity contribution < 1.29 is 4.21 Å². The molecule has 1 atom stereocenters. The molecular weight excluding hydrogens is 384 g/mol. The molecule has 0 fully saturated rings. The van der Waals surface area contributed by atoms with Crippen LogP contribution in [0.15, 0.2) is 57.6 Å². The van der Waals surface area contributed by atoms with Crippen LogP contribution in [0.5, 0.6) is 0 Å². The smallest absolute Gasteiger partial charge is 0.0892 e. The third-order valence-corrected chi connectivity index (χ3v) is 7.98. The van der Waals surface area contributed by atoms with Gasteiger partial charge in [0.1, 0.15) is 0 Å². The van der Waals surface area contributed by atoms with Gasteiger partial charge in [-0.05, 0) is 80.1 Å². The molecule has 3 aromatic rings. The number of hydrogen-bond donors (Lipinski definition) is 1. The Morgan fingerprint density at radius 3 is 2.61 bits per heavy atom. The fourth-order valence-corrected chi connectivity index (χ4v) is 6.03. The van der Waals surface area contributed by atoms with E-state index < -0.39 is 10.8 Å². The summed E-state index contributed by atoms with van der Waals surface area (Å²) in [7, 11) is -1.12. The third kappa shape index (κ3) is 3.54. The number of aryl methyl sites for hydroxylation is 2. The Hall–Kier alpha value is -1.95. The van der Waals surface area contributed by atoms with Crippen LogP contribution in [-0.2, 0) is 17.3 Å². The second kappa shape index (κ2) is 8.19. The van der Waals surface area contributed by atoms with Crippen molar-refractivity contribution >= 4 is 33.5 Å². The monoisotopic (exact) mass is 410 g/mol. The van der Waals surface area contributed by atoms with Crippen molar-refractivity contribution in [3.8, 4) is 0 Å². The van der Waals surface area contributed by atoms with E-state index in [1.165, 1.54) is 21.6 Å². The molecule has 28 heavy (non-hydrogen) atoms. The quantitative estimate of drug-likeness (QED) is 0.547. The minimum atomic E-state index is -1.12. The normalized spacial score (nSPS) is 15.4. The van der Waals surface area contributed by atoms with Crippen LogP contribution in [-0.4, -0.2) is 17.3 Å². The maximum Gasteiger partial charge on any atom is 0.0892 e. The zero-order valence-corrected chi connectivity index (χ0v) is 18.3. The Morgan fingerprint density at radius 1 is 1.00 bits per heavy atom. The number of rotatable bonds is 6. The van der Waals surface area contributed by atoms with Gasteiger partial charge in [-0.15, -0.1) is 11.3 Å². The van der Waals surface area contributed by atoms with Gasteiger partial charge in [0, 0.05) is 18.0 Å². The fraction of sp³-hybridized carbons (Fsp3) is 0.304. The van der Waals surface area contributed by atoms with Crippen LogP contribution in [0.4, 0.5) is 11.4 Å². The molecule has 5 heteroatoms. The Morgan fingerprint density at radius 2 is 1.82 bits per heavy atom. The highest BCUT2D eigenvalue weighted by Crippen LogP contribution is 2.44. The molecule has 0 spiro atoms. The van der Waals surface area contributed by atoms with E-state index in [-0.39, 0.29) is 0 Å². The first-order chi connectivity index (χ1) is 13.6. The van der Waals surface area contributed by atoms with E-state index in [1.807, 2.05) is 35.6 Å². The Balaban J connectivity index is 1.53. The van der Waals surface area contributed by atoms with Gasteiger partial charge in [-0.2, -0.15) is 0 Å². The van der Waals surface area contributed by atoms with Gasteiger partial charge in [-0.25, -0.2) is 4.21 Å². The van der Waals surface area contributed by atoms with Gasteiger partial charge >= 0.3 is 0 Å². The highest BCUT2D eigenvalue weighted by atomic mass is 32.2. The molecule has 0 saturated heterocycles. The molecule has 0 bridgehead atoms. The lowest BCUT2D eigenvalue weighted by atomic mass is 10.1. The van der Waals surface area contributed by atoms with Gasteiger partial charge in [0.05, 0.1) is 32.0 Å². The standard InChI is InChI=1S/C23H26N2OS2/c1-16-9-10-22-23(18(16)3)25(19-7-4-5-8-21(19)28(22)26)13-6-12-24-15-20-17(2)11-14-27-20/h4-5,7-11,14,24H,6,12-13,15H2,1-3H3. The van der Waals surface area contributed by atoms with E-state index in [4.69, 9.17) is 0 Å². The highest BCUT2D eigenvalue weighted by Gasteiger charge is 2.29. The number of hydrogen-bond acceptors (Lipinski definition) is 4. The summed E-state index contributed by atoms with van der Waals surface area (Å²) in [6, 6.07) is 14.4. The van der Waals surface area contributed by atoms with Crippen molar-refractivity contribution in [3.05, 3.63) is 69.4 Å². The SMILES string of the molecule is Cc1ccsc1CNCCCN1c2ccccc2S(=O)c2ccc(C)c(C)c21. The maximum absolute atomic E-state index is 13.1. The summed E-state index contributed by atoms with van der Waals surface area (Å²) in [6.45, 7) is 9.23. The molecule has 3 nitrogen and oxygen atoms in total. The molecule has 0 aliphatic carbocycles. The molecule has 2 heterocycles. The number of para-hydroxylation sites is 1. The summed E-state index contributed by atoms with van der Waals surface area (Å²) in [6.07, 6.45) is 1.03. The summed E-state index contributed by atoms with van der Waals surface area (Å²) < 4.78 is 13.1. The number of anilines is 2. The molecule has 4 rings (SSSR count). The van der Waals surface area contributed by atoms with E-state index >= 15 is 0 Å². The van der Waals surface area contributed by atoms with Crippen LogP contribution in [0, 0.1) is 20.8 Å². The van der Waals surface area contributed by atoms with Crippen LogP contribution in [0.1, 0.15) is 28.0 Å². The predicted octanol–water partition coefficient (Wildman–Crippen LogP) is 5.47. The van der Waals surface area contributed by atoms with Gasteiger partial charge in [-0.3, -0.25) is 0 Å². The zero-order chi connectivity index (χ0) is 19.7. The molecule has 1 aliphatic rings. The molecular formula is C23H26N2OS2. The van der Waals surface area contributed by atoms with E-state index in [2.05, 4.69) is 54.6 Å². The summed E-state index contributed by atoms with van der Waals surface area (Å²) in [5.41, 5.74) is 6.04. The fourth-order valence-electron chi connectivity index (χ4n) is 3.72. The minimum absolute atomic E-state index is 0.905. The van der Waals surface area contributed by atoms with E-state index in [0.717, 1.165) is 47.2 Å². The molecule has 0 amide bonds. The molecule has 1 aromatic heterocycles. The second-order valence-electron chi connectivity index (χ2n) is 7.30. The average Bonchev–Trinajstić information content (AvgIpc) is 3.11. The Kier molecular flexibility index (Phi) is 5.67. The van der Waals surface area contributed by atoms with Crippen molar-refractivity contribution in [1.82, 2.24) is 5.32 Å². The predicted molar refractivity (Wildman–Crippen MR) is 119 cm³/mol. The minimum Gasteiger partial charge on any atom is -0.339 e. The second-order valence-corrected chi connectivity index (χ2v) is 9.72. The number of nitrogens with zero attached hydrogens (tertiary/aromatic N) is 1. The van der Waals surface area contributed by atoms with Gasteiger partial charge in [-0.1, -0.05) is 18.2 Å². The lowest BCUT2D eigenvalue weighted by molar-refractivity contribution is 0.650. The molecule has 0 saturated carbocycles. The van der Waals surface area contributed by atoms with Crippen molar-refractivity contribution in [2.24, 2.45) is 0 Å². The van der Waals surface area contributed by atoms with Crippen molar-refractivity contribution in [2.45, 2.75) is 43.5 Å². The highest BCUT2D eigenvalue weighted by molar-refractivity contribution is 7.85. The van der Waals surface area contributed by atoms with Gasteiger partial charge in [0.15, 0.2) is 0 Å². The van der Waals surface area contributed by atoms with Gasteiger partial charge in [0.25, 0.3) is 0 Å². The summed E-state index contributed by atoms with van der Waals surface area (Å²) in [5, 5.41) is 5.73. The van der Waals surface area contributed by atoms with Crippen LogP contribution in [0.2, 0.25) is 0 Å². The summed E-state index contributed by atoms with van der Waals surface area (Å²) in [5.74, 6) is 0. The van der Waals surface area contributed by atoms with Crippen molar-refractivity contribution in [1.29, 1.82) is 0 Å². The number of fused-ring (bicyclic) bond motifs is 2. The van der Waals surface area contributed by atoms with E-state index in [0.29, 0.717) is 0 Å².